The molecule has 0 amide bonds. The van der Waals surface area contributed by atoms with Gasteiger partial charge < -0.3 is 14.7 Å². The number of aromatic carboxylic acids is 1. The van der Waals surface area contributed by atoms with Gasteiger partial charge in [-0.3, -0.25) is 4.98 Å². The first kappa shape index (κ1) is 20.1. The Labute approximate surface area is 179 Å². The number of hydrogen-bond acceptors (Lipinski definition) is 7. The van der Waals surface area contributed by atoms with Crippen LogP contribution in [-0.4, -0.2) is 50.4 Å². The maximum atomic E-state index is 13.4. The zero-order valence-corrected chi connectivity index (χ0v) is 17.3. The molecule has 0 atom stereocenters. The number of halogens is 2. The SMILES string of the molecule is O=C(O)c1cncc(-c2cnc(N3CCC(Oc4cc(F)ccc4Br)CC3)nn2)c1. The molecule has 8 nitrogen and oxygen atoms in total. The normalized spacial score (nSPS) is 14.5. The second-order valence-electron chi connectivity index (χ2n) is 6.79. The van der Waals surface area contributed by atoms with Crippen molar-refractivity contribution in [3.8, 4) is 17.0 Å². The molecule has 0 bridgehead atoms. The highest BCUT2D eigenvalue weighted by Crippen LogP contribution is 2.29. The first-order valence-corrected chi connectivity index (χ1v) is 10.0. The van der Waals surface area contributed by atoms with Crippen LogP contribution in [0.4, 0.5) is 10.3 Å². The summed E-state index contributed by atoms with van der Waals surface area (Å²) in [4.78, 5) is 21.4. The van der Waals surface area contributed by atoms with E-state index in [0.717, 1.165) is 17.3 Å². The van der Waals surface area contributed by atoms with E-state index < -0.39 is 5.97 Å². The number of benzene rings is 1. The lowest BCUT2D eigenvalue weighted by Gasteiger charge is -2.32. The summed E-state index contributed by atoms with van der Waals surface area (Å²) in [6.07, 6.45) is 5.78. The Balaban J connectivity index is 1.39. The molecule has 0 radical (unpaired) electrons. The summed E-state index contributed by atoms with van der Waals surface area (Å²) in [6, 6.07) is 5.86. The predicted molar refractivity (Wildman–Crippen MR) is 110 cm³/mol. The highest BCUT2D eigenvalue weighted by atomic mass is 79.9. The van der Waals surface area contributed by atoms with Gasteiger partial charge in [0, 0.05) is 50.0 Å². The van der Waals surface area contributed by atoms with Gasteiger partial charge in [-0.25, -0.2) is 14.2 Å². The molecule has 1 aliphatic heterocycles. The van der Waals surface area contributed by atoms with Gasteiger partial charge in [-0.15, -0.1) is 10.2 Å². The molecule has 4 rings (SSSR count). The Morgan fingerprint density at radius 3 is 2.67 bits per heavy atom. The maximum Gasteiger partial charge on any atom is 0.337 e. The highest BCUT2D eigenvalue weighted by Gasteiger charge is 2.23. The molecule has 0 spiro atoms. The number of carbonyl (C=O) groups is 1. The van der Waals surface area contributed by atoms with E-state index in [9.17, 15) is 9.18 Å². The van der Waals surface area contributed by atoms with Crippen LogP contribution in [0.15, 0.2) is 47.3 Å². The fourth-order valence-corrected chi connectivity index (χ4v) is 3.50. The topological polar surface area (TPSA) is 101 Å². The lowest BCUT2D eigenvalue weighted by molar-refractivity contribution is 0.0696. The van der Waals surface area contributed by atoms with Crippen LogP contribution in [0.3, 0.4) is 0 Å². The van der Waals surface area contributed by atoms with Crippen LogP contribution in [0.5, 0.6) is 5.75 Å². The Hall–Kier alpha value is -3.14. The van der Waals surface area contributed by atoms with Crippen molar-refractivity contribution in [1.82, 2.24) is 20.2 Å². The molecule has 3 aromatic rings. The quantitative estimate of drug-likeness (QED) is 0.599. The van der Waals surface area contributed by atoms with Gasteiger partial charge in [-0.1, -0.05) is 0 Å². The van der Waals surface area contributed by atoms with Gasteiger partial charge in [-0.2, -0.15) is 0 Å². The first-order valence-electron chi connectivity index (χ1n) is 9.24. The minimum absolute atomic E-state index is 0.0311. The predicted octanol–water partition coefficient (Wildman–Crippen LogP) is 3.58. The average Bonchev–Trinajstić information content (AvgIpc) is 2.77. The second-order valence-corrected chi connectivity index (χ2v) is 7.64. The van der Waals surface area contributed by atoms with Crippen molar-refractivity contribution in [2.24, 2.45) is 0 Å². The summed E-state index contributed by atoms with van der Waals surface area (Å²) >= 11 is 3.38. The standard InChI is InChI=1S/C20H17BrFN5O3/c21-16-2-1-14(22)8-18(16)30-15-3-5-27(6-4-15)20-24-11-17(25-26-20)12-7-13(19(28)29)10-23-9-12/h1-2,7-11,15H,3-6H2,(H,28,29). The van der Waals surface area contributed by atoms with Crippen LogP contribution in [0.2, 0.25) is 0 Å². The van der Waals surface area contributed by atoms with Crippen LogP contribution < -0.4 is 9.64 Å². The first-order chi connectivity index (χ1) is 14.5. The number of pyridine rings is 1. The third-order valence-electron chi connectivity index (χ3n) is 4.74. The highest BCUT2D eigenvalue weighted by molar-refractivity contribution is 9.10. The molecule has 0 unspecified atom stereocenters. The zero-order chi connectivity index (χ0) is 21.1. The van der Waals surface area contributed by atoms with Crippen molar-refractivity contribution in [3.63, 3.8) is 0 Å². The van der Waals surface area contributed by atoms with E-state index in [1.165, 1.54) is 30.6 Å². The number of carboxylic acids is 1. The molecule has 1 aromatic carbocycles. The fraction of sp³-hybridized carbons (Fsp3) is 0.250. The van der Waals surface area contributed by atoms with E-state index in [0.29, 0.717) is 36.0 Å². The van der Waals surface area contributed by atoms with Crippen LogP contribution in [0.25, 0.3) is 11.3 Å². The summed E-state index contributed by atoms with van der Waals surface area (Å²) in [6.45, 7) is 1.35. The second kappa shape index (κ2) is 8.70. The molecular formula is C20H17BrFN5O3. The molecule has 154 valence electrons. The average molecular weight is 474 g/mol. The number of piperidine rings is 1. The van der Waals surface area contributed by atoms with Crippen LogP contribution in [0, 0.1) is 5.82 Å². The number of nitrogens with zero attached hydrogens (tertiary/aromatic N) is 5. The van der Waals surface area contributed by atoms with Gasteiger partial charge in [0.15, 0.2) is 0 Å². The van der Waals surface area contributed by atoms with Crippen LogP contribution in [0.1, 0.15) is 23.2 Å². The number of hydrogen-bond donors (Lipinski definition) is 1. The van der Waals surface area contributed by atoms with E-state index in [2.05, 4.69) is 36.1 Å². The van der Waals surface area contributed by atoms with Gasteiger partial charge >= 0.3 is 5.97 Å². The van der Waals surface area contributed by atoms with Crippen molar-refractivity contribution in [2.45, 2.75) is 18.9 Å². The van der Waals surface area contributed by atoms with E-state index in [1.807, 2.05) is 4.90 Å². The third kappa shape index (κ3) is 4.54. The minimum atomic E-state index is -1.06. The van der Waals surface area contributed by atoms with Crippen LogP contribution in [-0.2, 0) is 0 Å². The molecule has 1 N–H and O–H groups in total. The molecule has 0 saturated carbocycles. The van der Waals surface area contributed by atoms with Gasteiger partial charge in [0.05, 0.1) is 16.2 Å². The van der Waals surface area contributed by atoms with E-state index >= 15 is 0 Å². The van der Waals surface area contributed by atoms with E-state index in [4.69, 9.17) is 9.84 Å². The zero-order valence-electron chi connectivity index (χ0n) is 15.7. The number of rotatable bonds is 5. The molecule has 0 aliphatic carbocycles. The molecule has 1 saturated heterocycles. The minimum Gasteiger partial charge on any atom is -0.489 e. The van der Waals surface area contributed by atoms with Crippen molar-refractivity contribution in [3.05, 3.63) is 58.7 Å². The smallest absolute Gasteiger partial charge is 0.337 e. The lowest BCUT2D eigenvalue weighted by Crippen LogP contribution is -2.39. The molecule has 10 heteroatoms. The molecule has 3 heterocycles. The molecule has 1 fully saturated rings. The summed E-state index contributed by atoms with van der Waals surface area (Å²) < 4.78 is 20.1. The van der Waals surface area contributed by atoms with Crippen LogP contribution >= 0.6 is 15.9 Å². The fourth-order valence-electron chi connectivity index (χ4n) is 3.16. The van der Waals surface area contributed by atoms with Crippen molar-refractivity contribution in [2.75, 3.05) is 18.0 Å². The number of ether oxygens (including phenoxy) is 1. The Morgan fingerprint density at radius 2 is 1.97 bits per heavy atom. The summed E-state index contributed by atoms with van der Waals surface area (Å²) in [5, 5.41) is 17.4. The van der Waals surface area contributed by atoms with Crippen molar-refractivity contribution in [1.29, 1.82) is 0 Å². The van der Waals surface area contributed by atoms with Gasteiger partial charge in [0.2, 0.25) is 5.95 Å². The maximum absolute atomic E-state index is 13.4. The Kier molecular flexibility index (Phi) is 5.84. The lowest BCUT2D eigenvalue weighted by atomic mass is 10.1. The number of carboxylic acid groups (broad SMARTS) is 1. The molecular weight excluding hydrogens is 457 g/mol. The summed E-state index contributed by atoms with van der Waals surface area (Å²) in [5.74, 6) is -0.411. The largest absolute Gasteiger partial charge is 0.489 e. The summed E-state index contributed by atoms with van der Waals surface area (Å²) in [7, 11) is 0. The van der Waals surface area contributed by atoms with Crippen molar-refractivity contribution >= 4 is 27.8 Å². The van der Waals surface area contributed by atoms with Crippen molar-refractivity contribution < 1.29 is 19.0 Å². The van der Waals surface area contributed by atoms with E-state index in [-0.39, 0.29) is 17.5 Å². The molecule has 1 aliphatic rings. The van der Waals surface area contributed by atoms with E-state index in [1.54, 1.807) is 12.3 Å². The number of anilines is 1. The van der Waals surface area contributed by atoms with Gasteiger partial charge in [0.25, 0.3) is 0 Å². The third-order valence-corrected chi connectivity index (χ3v) is 5.40. The Bertz CT molecular complexity index is 1060. The summed E-state index contributed by atoms with van der Waals surface area (Å²) in [5.41, 5.74) is 1.06. The van der Waals surface area contributed by atoms with Gasteiger partial charge in [0.1, 0.15) is 23.4 Å². The Morgan fingerprint density at radius 1 is 1.17 bits per heavy atom. The van der Waals surface area contributed by atoms with Gasteiger partial charge in [-0.05, 0) is 34.1 Å². The molecule has 2 aromatic heterocycles. The monoisotopic (exact) mass is 473 g/mol. The number of aromatic nitrogens is 4. The molecule has 30 heavy (non-hydrogen) atoms.